The summed E-state index contributed by atoms with van der Waals surface area (Å²) in [5.41, 5.74) is -0.375. The maximum atomic E-state index is 13.9. The molecular weight excluding hydrogens is 432 g/mol. The molecule has 6 heteroatoms. The van der Waals surface area contributed by atoms with Crippen LogP contribution in [-0.2, 0) is 28.6 Å². The SMILES string of the molecule is CCC(C)C(=O)OC1C2CC3C1OC(=O)C3C2C(=O)OC1(CC)CC2CC1C1C3CCC(C3)C21. The number of rotatable bonds is 6. The van der Waals surface area contributed by atoms with Crippen LogP contribution < -0.4 is 0 Å². The van der Waals surface area contributed by atoms with E-state index in [0.29, 0.717) is 24.7 Å². The summed E-state index contributed by atoms with van der Waals surface area (Å²) in [5.74, 6) is 2.35. The van der Waals surface area contributed by atoms with Crippen LogP contribution in [0.2, 0.25) is 0 Å². The van der Waals surface area contributed by atoms with Gasteiger partial charge in [-0.15, -0.1) is 0 Å². The first-order chi connectivity index (χ1) is 16.4. The van der Waals surface area contributed by atoms with Crippen LogP contribution in [0.25, 0.3) is 0 Å². The number of hydrogen-bond acceptors (Lipinski definition) is 6. The van der Waals surface area contributed by atoms with Crippen LogP contribution in [-0.4, -0.2) is 35.7 Å². The molecule has 6 aliphatic carbocycles. The molecular formula is C28H38O6. The Hall–Kier alpha value is -1.59. The first-order valence-corrected chi connectivity index (χ1v) is 14.0. The van der Waals surface area contributed by atoms with Gasteiger partial charge in [0.25, 0.3) is 0 Å². The van der Waals surface area contributed by atoms with Crippen molar-refractivity contribution in [3.8, 4) is 0 Å². The molecule has 7 rings (SSSR count). The van der Waals surface area contributed by atoms with Crippen molar-refractivity contribution in [1.82, 2.24) is 0 Å². The van der Waals surface area contributed by atoms with Gasteiger partial charge in [0.05, 0.1) is 17.8 Å². The monoisotopic (exact) mass is 470 g/mol. The topological polar surface area (TPSA) is 78.9 Å². The molecule has 34 heavy (non-hydrogen) atoms. The van der Waals surface area contributed by atoms with E-state index in [1.165, 1.54) is 25.7 Å². The molecule has 14 atom stereocenters. The molecule has 0 radical (unpaired) electrons. The molecule has 0 N–H and O–H groups in total. The zero-order valence-electron chi connectivity index (χ0n) is 20.6. The smallest absolute Gasteiger partial charge is 0.310 e. The molecule has 7 fully saturated rings. The van der Waals surface area contributed by atoms with Crippen LogP contribution in [0.5, 0.6) is 0 Å². The largest absolute Gasteiger partial charge is 0.459 e. The second-order valence-corrected chi connectivity index (χ2v) is 12.9. The molecule has 1 saturated heterocycles. The van der Waals surface area contributed by atoms with Gasteiger partial charge in [-0.2, -0.15) is 0 Å². The highest BCUT2D eigenvalue weighted by Crippen LogP contribution is 2.71. The highest BCUT2D eigenvalue weighted by Gasteiger charge is 2.72. The van der Waals surface area contributed by atoms with Crippen LogP contribution in [0, 0.1) is 65.1 Å². The highest BCUT2D eigenvalue weighted by molar-refractivity contribution is 5.86. The van der Waals surface area contributed by atoms with Gasteiger partial charge in [-0.25, -0.2) is 0 Å². The number of carbonyl (C=O) groups is 3. The Morgan fingerprint density at radius 1 is 1.06 bits per heavy atom. The highest BCUT2D eigenvalue weighted by atomic mass is 16.6. The number of ether oxygens (including phenoxy) is 3. The lowest BCUT2D eigenvalue weighted by molar-refractivity contribution is -0.185. The average Bonchev–Trinajstić information content (AvgIpc) is 3.65. The molecule has 6 nitrogen and oxygen atoms in total. The van der Waals surface area contributed by atoms with Crippen molar-refractivity contribution < 1.29 is 28.6 Å². The van der Waals surface area contributed by atoms with Crippen LogP contribution in [0.15, 0.2) is 0 Å². The van der Waals surface area contributed by atoms with E-state index in [2.05, 4.69) is 6.92 Å². The van der Waals surface area contributed by atoms with Crippen molar-refractivity contribution in [3.63, 3.8) is 0 Å². The molecule has 0 spiro atoms. The molecule has 6 bridgehead atoms. The Kier molecular flexibility index (Phi) is 4.61. The third kappa shape index (κ3) is 2.61. The number of esters is 3. The van der Waals surface area contributed by atoms with Crippen molar-refractivity contribution >= 4 is 17.9 Å². The van der Waals surface area contributed by atoms with Crippen molar-refractivity contribution in [2.45, 2.75) is 89.9 Å². The Morgan fingerprint density at radius 2 is 1.82 bits per heavy atom. The number of fused-ring (bicyclic) bond motifs is 10. The van der Waals surface area contributed by atoms with Gasteiger partial charge in [-0.05, 0) is 81.0 Å². The quantitative estimate of drug-likeness (QED) is 0.330. The van der Waals surface area contributed by atoms with Crippen LogP contribution in [0.3, 0.4) is 0 Å². The molecule has 186 valence electrons. The van der Waals surface area contributed by atoms with E-state index in [9.17, 15) is 14.4 Å². The van der Waals surface area contributed by atoms with Crippen LogP contribution in [0.1, 0.15) is 72.1 Å². The predicted octanol–water partition coefficient (Wildman–Crippen LogP) is 4.15. The maximum absolute atomic E-state index is 13.9. The van der Waals surface area contributed by atoms with Gasteiger partial charge >= 0.3 is 17.9 Å². The summed E-state index contributed by atoms with van der Waals surface area (Å²) in [6, 6.07) is 0. The van der Waals surface area contributed by atoms with Gasteiger partial charge < -0.3 is 14.2 Å². The number of hydrogen-bond donors (Lipinski definition) is 0. The fourth-order valence-corrected chi connectivity index (χ4v) is 10.4. The zero-order chi connectivity index (χ0) is 23.5. The standard InChI is InChI=1S/C28H38O6/c1-4-12(3)25(29)32-23-17-10-16-21(26(30)33-24(16)23)22(17)27(31)34-28(5-2)11-15-9-18(28)20-14-7-6-13(8-14)19(15)20/h12-24H,4-11H2,1-3H3. The Balaban J connectivity index is 1.13. The van der Waals surface area contributed by atoms with Crippen molar-refractivity contribution in [2.24, 2.45) is 65.1 Å². The molecule has 0 amide bonds. The lowest BCUT2D eigenvalue weighted by atomic mass is 9.65. The zero-order valence-corrected chi connectivity index (χ0v) is 20.6. The molecule has 1 heterocycles. The summed E-state index contributed by atoms with van der Waals surface area (Å²) in [4.78, 5) is 39.3. The summed E-state index contributed by atoms with van der Waals surface area (Å²) in [5, 5.41) is 0. The van der Waals surface area contributed by atoms with E-state index in [1.807, 2.05) is 13.8 Å². The second-order valence-electron chi connectivity index (χ2n) is 12.9. The lowest BCUT2D eigenvalue weighted by Gasteiger charge is -2.46. The molecule has 6 saturated carbocycles. The summed E-state index contributed by atoms with van der Waals surface area (Å²) < 4.78 is 18.1. The van der Waals surface area contributed by atoms with Crippen molar-refractivity contribution in [3.05, 3.63) is 0 Å². The maximum Gasteiger partial charge on any atom is 0.310 e. The summed E-state index contributed by atoms with van der Waals surface area (Å²) in [6.45, 7) is 5.99. The second kappa shape index (κ2) is 7.22. The fraction of sp³-hybridized carbons (Fsp3) is 0.893. The van der Waals surface area contributed by atoms with E-state index < -0.39 is 24.0 Å². The summed E-state index contributed by atoms with van der Waals surface area (Å²) in [6.07, 6.45) is 7.71. The molecule has 1 aliphatic heterocycles. The Labute approximate surface area is 201 Å². The average molecular weight is 471 g/mol. The fourth-order valence-electron chi connectivity index (χ4n) is 10.4. The molecule has 0 aromatic heterocycles. The first-order valence-electron chi connectivity index (χ1n) is 14.0. The van der Waals surface area contributed by atoms with Gasteiger partial charge in [-0.3, -0.25) is 14.4 Å². The minimum Gasteiger partial charge on any atom is -0.459 e. The summed E-state index contributed by atoms with van der Waals surface area (Å²) in [7, 11) is 0. The third-order valence-electron chi connectivity index (χ3n) is 11.9. The van der Waals surface area contributed by atoms with E-state index >= 15 is 0 Å². The van der Waals surface area contributed by atoms with E-state index in [-0.39, 0.29) is 41.3 Å². The summed E-state index contributed by atoms with van der Waals surface area (Å²) >= 11 is 0. The molecule has 7 aliphatic rings. The van der Waals surface area contributed by atoms with Crippen molar-refractivity contribution in [1.29, 1.82) is 0 Å². The van der Waals surface area contributed by atoms with Gasteiger partial charge in [0.2, 0.25) is 0 Å². The van der Waals surface area contributed by atoms with E-state index in [4.69, 9.17) is 14.2 Å². The minimum atomic E-state index is -0.538. The van der Waals surface area contributed by atoms with Crippen molar-refractivity contribution in [2.75, 3.05) is 0 Å². The van der Waals surface area contributed by atoms with Gasteiger partial charge in [-0.1, -0.05) is 20.8 Å². The van der Waals surface area contributed by atoms with Crippen LogP contribution >= 0.6 is 0 Å². The lowest BCUT2D eigenvalue weighted by Crippen LogP contribution is -2.50. The van der Waals surface area contributed by atoms with E-state index in [1.54, 1.807) is 0 Å². The van der Waals surface area contributed by atoms with Gasteiger partial charge in [0.15, 0.2) is 0 Å². The minimum absolute atomic E-state index is 0.0302. The first kappa shape index (κ1) is 21.7. The third-order valence-corrected chi connectivity index (χ3v) is 11.9. The molecule has 0 aromatic carbocycles. The van der Waals surface area contributed by atoms with E-state index in [0.717, 1.165) is 36.5 Å². The molecule has 0 aromatic rings. The predicted molar refractivity (Wildman–Crippen MR) is 121 cm³/mol. The molecule has 14 unspecified atom stereocenters. The van der Waals surface area contributed by atoms with Gasteiger partial charge in [0, 0.05) is 17.8 Å². The van der Waals surface area contributed by atoms with Crippen LogP contribution in [0.4, 0.5) is 0 Å². The Bertz CT molecular complexity index is 930. The Morgan fingerprint density at radius 3 is 2.56 bits per heavy atom. The van der Waals surface area contributed by atoms with Gasteiger partial charge in [0.1, 0.15) is 17.8 Å². The number of carbonyl (C=O) groups excluding carboxylic acids is 3. The normalized spacial score (nSPS) is 53.8.